The Hall–Kier alpha value is -2.22. The second-order valence-electron chi connectivity index (χ2n) is 4.79. The van der Waals surface area contributed by atoms with Crippen LogP contribution in [-0.4, -0.2) is 9.97 Å². The van der Waals surface area contributed by atoms with E-state index in [1.165, 1.54) is 21.5 Å². The van der Waals surface area contributed by atoms with E-state index >= 15 is 0 Å². The first-order chi connectivity index (χ1) is 8.75. The van der Waals surface area contributed by atoms with Crippen LogP contribution < -0.4 is 0 Å². The molecule has 0 amide bonds. The maximum Gasteiger partial charge on any atom is 0.0719 e. The van der Waals surface area contributed by atoms with E-state index in [0.717, 1.165) is 22.4 Å². The zero-order valence-corrected chi connectivity index (χ0v) is 10.4. The van der Waals surface area contributed by atoms with Crippen molar-refractivity contribution in [2.75, 3.05) is 0 Å². The van der Waals surface area contributed by atoms with Gasteiger partial charge in [-0.1, -0.05) is 24.3 Å². The van der Waals surface area contributed by atoms with Crippen LogP contribution in [0.25, 0.3) is 32.6 Å². The van der Waals surface area contributed by atoms with E-state index in [9.17, 15) is 0 Å². The molecule has 0 atom stereocenters. The first-order valence-corrected chi connectivity index (χ1v) is 6.13. The maximum atomic E-state index is 4.72. The largest absolute Gasteiger partial charge is 0.252 e. The molecular formula is C16H12N2. The fourth-order valence-corrected chi connectivity index (χ4v) is 2.88. The van der Waals surface area contributed by atoms with Gasteiger partial charge in [0.1, 0.15) is 0 Å². The predicted octanol–water partition coefficient (Wildman–Crippen LogP) is 3.99. The van der Waals surface area contributed by atoms with Crippen LogP contribution >= 0.6 is 0 Å². The van der Waals surface area contributed by atoms with Crippen molar-refractivity contribution in [3.05, 3.63) is 47.8 Å². The molecule has 86 valence electrons. The van der Waals surface area contributed by atoms with Crippen LogP contribution in [0.4, 0.5) is 0 Å². The van der Waals surface area contributed by atoms with E-state index in [0.29, 0.717) is 0 Å². The number of pyridine rings is 2. The molecule has 0 aliphatic heterocycles. The third-order valence-electron chi connectivity index (χ3n) is 3.69. The van der Waals surface area contributed by atoms with Crippen LogP contribution in [-0.2, 0) is 0 Å². The Morgan fingerprint density at radius 3 is 1.56 bits per heavy atom. The standard InChI is InChI=1S/C16H12N2/c1-9-11-5-3-8-14-15(11)16-12(10(2)18-14)6-4-7-13(16)17-9/h3-8H,1-2H3. The summed E-state index contributed by atoms with van der Waals surface area (Å²) in [5.74, 6) is 0. The lowest BCUT2D eigenvalue weighted by Crippen LogP contribution is -1.94. The summed E-state index contributed by atoms with van der Waals surface area (Å²) < 4.78 is 0. The lowest BCUT2D eigenvalue weighted by Gasteiger charge is -2.12. The van der Waals surface area contributed by atoms with Gasteiger partial charge in [-0.3, -0.25) is 9.97 Å². The fourth-order valence-electron chi connectivity index (χ4n) is 2.88. The molecule has 2 aromatic carbocycles. The van der Waals surface area contributed by atoms with Crippen LogP contribution in [0.5, 0.6) is 0 Å². The quantitative estimate of drug-likeness (QED) is 0.428. The van der Waals surface area contributed by atoms with Gasteiger partial charge in [-0.2, -0.15) is 0 Å². The van der Waals surface area contributed by atoms with Crippen LogP contribution in [0, 0.1) is 13.8 Å². The maximum absolute atomic E-state index is 4.72. The monoisotopic (exact) mass is 232 g/mol. The highest BCUT2D eigenvalue weighted by molar-refractivity contribution is 6.21. The highest BCUT2D eigenvalue weighted by Crippen LogP contribution is 2.34. The zero-order valence-electron chi connectivity index (χ0n) is 10.4. The molecule has 0 fully saturated rings. The number of rotatable bonds is 0. The average Bonchev–Trinajstić information content (AvgIpc) is 2.38. The number of aromatic nitrogens is 2. The van der Waals surface area contributed by atoms with E-state index in [4.69, 9.17) is 9.97 Å². The summed E-state index contributed by atoms with van der Waals surface area (Å²) in [4.78, 5) is 9.44. The number of hydrogen-bond acceptors (Lipinski definition) is 2. The third-order valence-corrected chi connectivity index (χ3v) is 3.69. The van der Waals surface area contributed by atoms with Gasteiger partial charge in [0.15, 0.2) is 0 Å². The summed E-state index contributed by atoms with van der Waals surface area (Å²) in [5.41, 5.74) is 4.29. The lowest BCUT2D eigenvalue weighted by atomic mass is 9.98. The summed E-state index contributed by atoms with van der Waals surface area (Å²) >= 11 is 0. The normalized spacial score (nSPS) is 11.9. The Balaban J connectivity index is 2.50. The summed E-state index contributed by atoms with van der Waals surface area (Å²) in [6.45, 7) is 4.13. The molecule has 0 aliphatic rings. The van der Waals surface area contributed by atoms with Gasteiger partial charge >= 0.3 is 0 Å². The fraction of sp³-hybridized carbons (Fsp3) is 0.125. The van der Waals surface area contributed by atoms with E-state index < -0.39 is 0 Å². The van der Waals surface area contributed by atoms with Gasteiger partial charge in [-0.25, -0.2) is 0 Å². The van der Waals surface area contributed by atoms with Crippen molar-refractivity contribution in [3.8, 4) is 0 Å². The number of benzene rings is 2. The molecular weight excluding hydrogens is 220 g/mol. The Morgan fingerprint density at radius 1 is 0.667 bits per heavy atom. The molecule has 0 spiro atoms. The molecule has 4 aromatic rings. The highest BCUT2D eigenvalue weighted by atomic mass is 14.7. The van der Waals surface area contributed by atoms with Crippen molar-refractivity contribution in [3.63, 3.8) is 0 Å². The summed E-state index contributed by atoms with van der Waals surface area (Å²) in [6, 6.07) is 12.5. The van der Waals surface area contributed by atoms with Crippen LogP contribution in [0.15, 0.2) is 36.4 Å². The zero-order chi connectivity index (χ0) is 12.3. The van der Waals surface area contributed by atoms with Gasteiger partial charge < -0.3 is 0 Å². The summed E-state index contributed by atoms with van der Waals surface area (Å²) in [6.07, 6.45) is 0. The topological polar surface area (TPSA) is 25.8 Å². The molecule has 18 heavy (non-hydrogen) atoms. The molecule has 0 bridgehead atoms. The van der Waals surface area contributed by atoms with E-state index in [1.807, 2.05) is 0 Å². The number of hydrogen-bond donors (Lipinski definition) is 0. The van der Waals surface area contributed by atoms with E-state index in [-0.39, 0.29) is 0 Å². The predicted molar refractivity (Wildman–Crippen MR) is 75.2 cm³/mol. The minimum atomic E-state index is 1.07. The van der Waals surface area contributed by atoms with Crippen LogP contribution in [0.1, 0.15) is 11.4 Å². The first-order valence-electron chi connectivity index (χ1n) is 6.13. The average molecular weight is 232 g/mol. The Kier molecular flexibility index (Phi) is 1.72. The molecule has 2 aromatic heterocycles. The highest BCUT2D eigenvalue weighted by Gasteiger charge is 2.13. The number of aryl methyl sites for hydroxylation is 2. The molecule has 0 unspecified atom stereocenters. The molecule has 0 saturated carbocycles. The Bertz CT molecular complexity index is 818. The molecule has 2 heterocycles. The molecule has 0 aliphatic carbocycles. The lowest BCUT2D eigenvalue weighted by molar-refractivity contribution is 1.26. The Labute approximate surface area is 105 Å². The Morgan fingerprint density at radius 2 is 1.11 bits per heavy atom. The molecule has 0 saturated heterocycles. The first kappa shape index (κ1) is 9.77. The second-order valence-corrected chi connectivity index (χ2v) is 4.79. The van der Waals surface area contributed by atoms with E-state index in [2.05, 4.69) is 50.2 Å². The third kappa shape index (κ3) is 1.07. The van der Waals surface area contributed by atoms with Gasteiger partial charge in [0, 0.05) is 32.9 Å². The molecule has 4 rings (SSSR count). The van der Waals surface area contributed by atoms with E-state index in [1.54, 1.807) is 0 Å². The van der Waals surface area contributed by atoms with Gasteiger partial charge in [0.05, 0.1) is 11.0 Å². The SMILES string of the molecule is Cc1nc2cccc3c(C)nc4cccc1c4c23. The molecule has 2 nitrogen and oxygen atoms in total. The molecule has 0 N–H and O–H groups in total. The second kappa shape index (κ2) is 3.16. The molecule has 0 radical (unpaired) electrons. The van der Waals surface area contributed by atoms with Gasteiger partial charge in [-0.05, 0) is 26.0 Å². The van der Waals surface area contributed by atoms with Crippen molar-refractivity contribution in [2.45, 2.75) is 13.8 Å². The van der Waals surface area contributed by atoms with Crippen molar-refractivity contribution in [1.82, 2.24) is 9.97 Å². The smallest absolute Gasteiger partial charge is 0.0719 e. The van der Waals surface area contributed by atoms with Gasteiger partial charge in [0.2, 0.25) is 0 Å². The van der Waals surface area contributed by atoms with Crippen molar-refractivity contribution in [2.24, 2.45) is 0 Å². The van der Waals surface area contributed by atoms with Crippen molar-refractivity contribution in [1.29, 1.82) is 0 Å². The van der Waals surface area contributed by atoms with Gasteiger partial charge in [-0.15, -0.1) is 0 Å². The van der Waals surface area contributed by atoms with Crippen molar-refractivity contribution < 1.29 is 0 Å². The summed E-state index contributed by atoms with van der Waals surface area (Å²) in [5, 5.41) is 4.93. The number of nitrogens with zero attached hydrogens (tertiary/aromatic N) is 2. The summed E-state index contributed by atoms with van der Waals surface area (Å²) in [7, 11) is 0. The molecule has 2 heteroatoms. The minimum absolute atomic E-state index is 1.07. The minimum Gasteiger partial charge on any atom is -0.252 e. The van der Waals surface area contributed by atoms with Crippen LogP contribution in [0.2, 0.25) is 0 Å². The van der Waals surface area contributed by atoms with Crippen LogP contribution in [0.3, 0.4) is 0 Å². The van der Waals surface area contributed by atoms with Crippen molar-refractivity contribution >= 4 is 32.6 Å². The van der Waals surface area contributed by atoms with Gasteiger partial charge in [0.25, 0.3) is 0 Å².